The van der Waals surface area contributed by atoms with Crippen LogP contribution >= 0.6 is 0 Å². The van der Waals surface area contributed by atoms with Crippen molar-refractivity contribution in [2.24, 2.45) is 0 Å². The van der Waals surface area contributed by atoms with E-state index in [9.17, 15) is 0 Å². The van der Waals surface area contributed by atoms with Gasteiger partial charge in [0.05, 0.1) is 12.8 Å². The maximum absolute atomic E-state index is 5.18. The lowest BCUT2D eigenvalue weighted by molar-refractivity contribution is 0.371. The van der Waals surface area contributed by atoms with E-state index >= 15 is 0 Å². The number of hydrogen-bond acceptors (Lipinski definition) is 3. The summed E-state index contributed by atoms with van der Waals surface area (Å²) in [6.45, 7) is 6.09. The van der Waals surface area contributed by atoms with Gasteiger partial charge in [-0.25, -0.2) is 4.57 Å². The quantitative estimate of drug-likeness (QED) is 0.774. The van der Waals surface area contributed by atoms with Crippen LogP contribution in [0.1, 0.15) is 17.0 Å². The predicted octanol–water partition coefficient (Wildman–Crippen LogP) is 2.20. The summed E-state index contributed by atoms with van der Waals surface area (Å²) < 4.78 is 7.08. The van der Waals surface area contributed by atoms with Crippen LogP contribution in [-0.2, 0) is 0 Å². The lowest BCUT2D eigenvalue weighted by Gasteiger charge is -2.09. The second-order valence-corrected chi connectivity index (χ2v) is 3.84. The lowest BCUT2D eigenvalue weighted by Crippen LogP contribution is -2.01. The molecule has 0 amide bonds. The zero-order valence-electron chi connectivity index (χ0n) is 9.98. The van der Waals surface area contributed by atoms with Gasteiger partial charge < -0.3 is 4.74 Å². The van der Waals surface area contributed by atoms with Gasteiger partial charge in [-0.2, -0.15) is 0 Å². The Morgan fingerprint density at radius 1 is 1.06 bits per heavy atom. The van der Waals surface area contributed by atoms with Gasteiger partial charge in [-0.3, -0.25) is 0 Å². The van der Waals surface area contributed by atoms with Crippen LogP contribution in [0.4, 0.5) is 0 Å². The highest BCUT2D eigenvalue weighted by molar-refractivity contribution is 5.41. The van der Waals surface area contributed by atoms with Crippen molar-refractivity contribution in [2.75, 3.05) is 7.11 Å². The summed E-state index contributed by atoms with van der Waals surface area (Å²) in [5.74, 6) is 0.820. The third kappa shape index (κ3) is 1.66. The fourth-order valence-electron chi connectivity index (χ4n) is 1.64. The molecule has 0 aliphatic rings. The molecule has 0 bridgehead atoms. The molecule has 16 heavy (non-hydrogen) atoms. The standard InChI is InChI=1S/C12H15N3O/c1-8-5-6-11(7-9(8)2)15-10(3)13-14-12(15)16-4/h5-7H,1-4H3. The van der Waals surface area contributed by atoms with E-state index in [1.807, 2.05) is 17.6 Å². The van der Waals surface area contributed by atoms with E-state index in [2.05, 4.69) is 36.2 Å². The molecule has 84 valence electrons. The molecule has 0 aliphatic carbocycles. The number of methoxy groups -OCH3 is 1. The number of aromatic nitrogens is 3. The SMILES string of the molecule is COc1nnc(C)n1-c1ccc(C)c(C)c1. The molecule has 0 saturated heterocycles. The Morgan fingerprint density at radius 2 is 1.81 bits per heavy atom. The number of rotatable bonds is 2. The van der Waals surface area contributed by atoms with E-state index in [1.165, 1.54) is 11.1 Å². The van der Waals surface area contributed by atoms with Crippen molar-refractivity contribution in [3.63, 3.8) is 0 Å². The normalized spacial score (nSPS) is 10.5. The van der Waals surface area contributed by atoms with E-state index < -0.39 is 0 Å². The molecule has 4 heteroatoms. The van der Waals surface area contributed by atoms with Crippen molar-refractivity contribution >= 4 is 0 Å². The maximum Gasteiger partial charge on any atom is 0.321 e. The van der Waals surface area contributed by atoms with Crippen molar-refractivity contribution in [1.29, 1.82) is 0 Å². The molecule has 1 aromatic heterocycles. The number of nitrogens with zero attached hydrogens (tertiary/aromatic N) is 3. The summed E-state index contributed by atoms with van der Waals surface area (Å²) >= 11 is 0. The summed E-state index contributed by atoms with van der Waals surface area (Å²) in [5, 5.41) is 7.96. The fourth-order valence-corrected chi connectivity index (χ4v) is 1.64. The zero-order valence-corrected chi connectivity index (χ0v) is 9.98. The van der Waals surface area contributed by atoms with E-state index in [1.54, 1.807) is 7.11 Å². The zero-order chi connectivity index (χ0) is 11.7. The molecule has 1 aromatic carbocycles. The van der Waals surface area contributed by atoms with Crippen LogP contribution in [0.25, 0.3) is 5.69 Å². The van der Waals surface area contributed by atoms with Gasteiger partial charge in [-0.1, -0.05) is 11.2 Å². The molecule has 0 unspecified atom stereocenters. The van der Waals surface area contributed by atoms with Crippen LogP contribution in [0.2, 0.25) is 0 Å². The van der Waals surface area contributed by atoms with Gasteiger partial charge >= 0.3 is 6.01 Å². The van der Waals surface area contributed by atoms with Gasteiger partial charge in [0.1, 0.15) is 5.82 Å². The van der Waals surface area contributed by atoms with Crippen molar-refractivity contribution in [3.05, 3.63) is 35.2 Å². The van der Waals surface area contributed by atoms with Gasteiger partial charge in [-0.05, 0) is 44.0 Å². The van der Waals surface area contributed by atoms with Crippen LogP contribution in [-0.4, -0.2) is 21.9 Å². The van der Waals surface area contributed by atoms with Gasteiger partial charge in [-0.15, -0.1) is 5.10 Å². The Morgan fingerprint density at radius 3 is 2.44 bits per heavy atom. The minimum atomic E-state index is 0.515. The number of hydrogen-bond donors (Lipinski definition) is 0. The molecule has 0 N–H and O–H groups in total. The van der Waals surface area contributed by atoms with Crippen LogP contribution in [0.15, 0.2) is 18.2 Å². The summed E-state index contributed by atoms with van der Waals surface area (Å²) in [5.41, 5.74) is 3.54. The van der Waals surface area contributed by atoms with E-state index in [4.69, 9.17) is 4.74 Å². The third-order valence-electron chi connectivity index (χ3n) is 2.73. The largest absolute Gasteiger partial charge is 0.467 e. The highest BCUT2D eigenvalue weighted by Crippen LogP contribution is 2.20. The molecule has 0 radical (unpaired) electrons. The Balaban J connectivity index is 2.57. The molecule has 0 saturated carbocycles. The molecule has 0 fully saturated rings. The first-order chi connectivity index (χ1) is 7.63. The Hall–Kier alpha value is -1.84. The lowest BCUT2D eigenvalue weighted by atomic mass is 10.1. The average Bonchev–Trinajstić information content (AvgIpc) is 2.64. The molecule has 0 aliphatic heterocycles. The molecular weight excluding hydrogens is 202 g/mol. The maximum atomic E-state index is 5.18. The minimum absolute atomic E-state index is 0.515. The number of ether oxygens (including phenoxy) is 1. The Labute approximate surface area is 94.9 Å². The monoisotopic (exact) mass is 217 g/mol. The van der Waals surface area contributed by atoms with Crippen molar-refractivity contribution in [3.8, 4) is 11.7 Å². The summed E-state index contributed by atoms with van der Waals surface area (Å²) in [4.78, 5) is 0. The number of benzene rings is 1. The summed E-state index contributed by atoms with van der Waals surface area (Å²) in [7, 11) is 1.60. The van der Waals surface area contributed by atoms with Crippen molar-refractivity contribution < 1.29 is 4.74 Å². The second kappa shape index (κ2) is 3.96. The van der Waals surface area contributed by atoms with Gasteiger partial charge in [0, 0.05) is 0 Å². The van der Waals surface area contributed by atoms with E-state index in [-0.39, 0.29) is 0 Å². The Kier molecular flexibility index (Phi) is 2.64. The van der Waals surface area contributed by atoms with E-state index in [0.717, 1.165) is 11.5 Å². The highest BCUT2D eigenvalue weighted by atomic mass is 16.5. The molecule has 0 spiro atoms. The van der Waals surface area contributed by atoms with Crippen molar-refractivity contribution in [1.82, 2.24) is 14.8 Å². The first-order valence-corrected chi connectivity index (χ1v) is 5.17. The molecule has 4 nitrogen and oxygen atoms in total. The van der Waals surface area contributed by atoms with Gasteiger partial charge in [0.2, 0.25) is 0 Å². The topological polar surface area (TPSA) is 39.9 Å². The van der Waals surface area contributed by atoms with E-state index in [0.29, 0.717) is 6.01 Å². The summed E-state index contributed by atoms with van der Waals surface area (Å²) in [6.07, 6.45) is 0. The third-order valence-corrected chi connectivity index (χ3v) is 2.73. The fraction of sp³-hybridized carbons (Fsp3) is 0.333. The Bertz CT molecular complexity index is 517. The second-order valence-electron chi connectivity index (χ2n) is 3.84. The van der Waals surface area contributed by atoms with Crippen molar-refractivity contribution in [2.45, 2.75) is 20.8 Å². The van der Waals surface area contributed by atoms with Crippen LogP contribution in [0.3, 0.4) is 0 Å². The number of aryl methyl sites for hydroxylation is 3. The molecule has 2 aromatic rings. The average molecular weight is 217 g/mol. The minimum Gasteiger partial charge on any atom is -0.467 e. The first-order valence-electron chi connectivity index (χ1n) is 5.17. The van der Waals surface area contributed by atoms with Gasteiger partial charge in [0.25, 0.3) is 0 Å². The molecule has 1 heterocycles. The van der Waals surface area contributed by atoms with Crippen LogP contribution in [0, 0.1) is 20.8 Å². The van der Waals surface area contributed by atoms with Crippen LogP contribution < -0.4 is 4.74 Å². The molecular formula is C12H15N3O. The van der Waals surface area contributed by atoms with Crippen LogP contribution in [0.5, 0.6) is 6.01 Å². The highest BCUT2D eigenvalue weighted by Gasteiger charge is 2.10. The smallest absolute Gasteiger partial charge is 0.321 e. The molecule has 2 rings (SSSR count). The summed E-state index contributed by atoms with van der Waals surface area (Å²) in [6, 6.07) is 6.75. The predicted molar refractivity (Wildman–Crippen MR) is 62.1 cm³/mol. The molecule has 0 atom stereocenters. The van der Waals surface area contributed by atoms with Gasteiger partial charge in [0.15, 0.2) is 0 Å². The first kappa shape index (κ1) is 10.7.